The normalized spacial score (nSPS) is 22.2. The molecule has 1 heterocycles. The zero-order valence-electron chi connectivity index (χ0n) is 11.5. The fourth-order valence-corrected chi connectivity index (χ4v) is 3.18. The van der Waals surface area contributed by atoms with Gasteiger partial charge in [-0.25, -0.2) is 0 Å². The lowest BCUT2D eigenvalue weighted by atomic mass is 9.74. The Labute approximate surface area is 114 Å². The fourth-order valence-electron chi connectivity index (χ4n) is 3.18. The number of rotatable bonds is 3. The van der Waals surface area contributed by atoms with Crippen molar-refractivity contribution in [1.29, 1.82) is 0 Å². The van der Waals surface area contributed by atoms with Crippen LogP contribution in [0.5, 0.6) is 0 Å². The van der Waals surface area contributed by atoms with E-state index >= 15 is 0 Å². The van der Waals surface area contributed by atoms with Crippen LogP contribution in [-0.2, 0) is 25.4 Å². The van der Waals surface area contributed by atoms with E-state index in [1.165, 1.54) is 29.5 Å². The molecule has 1 atom stereocenters. The molecule has 0 spiro atoms. The monoisotopic (exact) mass is 255 g/mol. The molecule has 3 heteroatoms. The molecule has 1 aliphatic rings. The van der Waals surface area contributed by atoms with Gasteiger partial charge in [-0.15, -0.1) is 0 Å². The number of hydrogen-bond donors (Lipinski definition) is 1. The topological polar surface area (TPSA) is 43.8 Å². The van der Waals surface area contributed by atoms with Crippen molar-refractivity contribution in [3.8, 4) is 0 Å². The Bertz CT molecular complexity index is 573. The van der Waals surface area contributed by atoms with Gasteiger partial charge in [0, 0.05) is 18.8 Å². The number of aromatic nitrogens is 2. The molecule has 0 bridgehead atoms. The first-order chi connectivity index (χ1) is 9.17. The van der Waals surface area contributed by atoms with Crippen molar-refractivity contribution in [3.05, 3.63) is 53.3 Å². The van der Waals surface area contributed by atoms with Crippen molar-refractivity contribution in [2.45, 2.75) is 37.6 Å². The van der Waals surface area contributed by atoms with E-state index in [9.17, 15) is 0 Å². The molecular weight excluding hydrogens is 234 g/mol. The minimum Gasteiger partial charge on any atom is -0.321 e. The van der Waals surface area contributed by atoms with Gasteiger partial charge in [-0.3, -0.25) is 4.68 Å². The zero-order chi connectivity index (χ0) is 13.3. The van der Waals surface area contributed by atoms with Crippen LogP contribution in [0.4, 0.5) is 0 Å². The van der Waals surface area contributed by atoms with Crippen LogP contribution in [0.15, 0.2) is 36.7 Å². The summed E-state index contributed by atoms with van der Waals surface area (Å²) < 4.78 is 1.85. The molecule has 3 nitrogen and oxygen atoms in total. The third-order valence-electron chi connectivity index (χ3n) is 4.24. The van der Waals surface area contributed by atoms with Gasteiger partial charge in [0.1, 0.15) is 0 Å². The van der Waals surface area contributed by atoms with E-state index in [1.807, 2.05) is 17.9 Å². The smallest absolute Gasteiger partial charge is 0.0521 e. The maximum absolute atomic E-state index is 6.70. The fraction of sp³-hybridized carbons (Fsp3) is 0.438. The molecule has 3 rings (SSSR count). The standard InChI is InChI=1S/C16H21N3/c1-19-12-13(11-18-19)8-10-16(17)9-4-6-14-5-2-3-7-15(14)16/h2-3,5,7,11-12H,4,6,8-10,17H2,1H3. The predicted octanol–water partition coefficient (Wildman–Crippen LogP) is 2.54. The molecule has 1 aromatic carbocycles. The summed E-state index contributed by atoms with van der Waals surface area (Å²) in [6.07, 6.45) is 9.47. The second-order valence-electron chi connectivity index (χ2n) is 5.69. The molecule has 1 unspecified atom stereocenters. The average molecular weight is 255 g/mol. The number of nitrogens with zero attached hydrogens (tertiary/aromatic N) is 2. The van der Waals surface area contributed by atoms with Gasteiger partial charge in [0.2, 0.25) is 0 Å². The number of fused-ring (bicyclic) bond motifs is 1. The van der Waals surface area contributed by atoms with Gasteiger partial charge in [0.05, 0.1) is 6.20 Å². The lowest BCUT2D eigenvalue weighted by Gasteiger charge is -2.36. The van der Waals surface area contributed by atoms with Crippen molar-refractivity contribution in [2.24, 2.45) is 12.8 Å². The van der Waals surface area contributed by atoms with Gasteiger partial charge in [-0.05, 0) is 48.8 Å². The lowest BCUT2D eigenvalue weighted by molar-refractivity contribution is 0.346. The summed E-state index contributed by atoms with van der Waals surface area (Å²) in [5, 5.41) is 4.22. The zero-order valence-corrected chi connectivity index (χ0v) is 11.5. The van der Waals surface area contributed by atoms with E-state index in [0.717, 1.165) is 19.3 Å². The van der Waals surface area contributed by atoms with Crippen LogP contribution in [0.1, 0.15) is 36.0 Å². The van der Waals surface area contributed by atoms with Gasteiger partial charge in [0.25, 0.3) is 0 Å². The molecule has 0 radical (unpaired) electrons. The minimum atomic E-state index is -0.162. The van der Waals surface area contributed by atoms with Crippen molar-refractivity contribution < 1.29 is 0 Å². The maximum atomic E-state index is 6.70. The van der Waals surface area contributed by atoms with Gasteiger partial charge in [0.15, 0.2) is 0 Å². The summed E-state index contributed by atoms with van der Waals surface area (Å²) >= 11 is 0. The molecular formula is C16H21N3. The summed E-state index contributed by atoms with van der Waals surface area (Å²) in [4.78, 5) is 0. The van der Waals surface area contributed by atoms with Crippen molar-refractivity contribution >= 4 is 0 Å². The van der Waals surface area contributed by atoms with Crippen LogP contribution >= 0.6 is 0 Å². The summed E-state index contributed by atoms with van der Waals surface area (Å²) in [6.45, 7) is 0. The molecule has 19 heavy (non-hydrogen) atoms. The molecule has 0 fully saturated rings. The highest BCUT2D eigenvalue weighted by Crippen LogP contribution is 2.36. The van der Waals surface area contributed by atoms with Crippen LogP contribution in [0.25, 0.3) is 0 Å². The highest BCUT2D eigenvalue weighted by atomic mass is 15.2. The minimum absolute atomic E-state index is 0.162. The molecule has 0 amide bonds. The first-order valence-electron chi connectivity index (χ1n) is 7.02. The van der Waals surface area contributed by atoms with E-state index in [-0.39, 0.29) is 5.54 Å². The molecule has 100 valence electrons. The summed E-state index contributed by atoms with van der Waals surface area (Å²) in [6, 6.07) is 8.65. The Morgan fingerprint density at radius 3 is 3.00 bits per heavy atom. The predicted molar refractivity (Wildman–Crippen MR) is 76.8 cm³/mol. The molecule has 1 aliphatic carbocycles. The van der Waals surface area contributed by atoms with Crippen LogP contribution in [-0.4, -0.2) is 9.78 Å². The highest BCUT2D eigenvalue weighted by molar-refractivity contribution is 5.36. The Balaban J connectivity index is 1.80. The molecule has 0 saturated carbocycles. The third kappa shape index (κ3) is 2.43. The van der Waals surface area contributed by atoms with Gasteiger partial charge in [-0.2, -0.15) is 5.10 Å². The molecule has 1 aromatic heterocycles. The number of aryl methyl sites for hydroxylation is 3. The first kappa shape index (κ1) is 12.4. The van der Waals surface area contributed by atoms with Crippen molar-refractivity contribution in [2.75, 3.05) is 0 Å². The number of nitrogens with two attached hydrogens (primary N) is 1. The number of benzene rings is 1. The van der Waals surface area contributed by atoms with Crippen LogP contribution in [0.2, 0.25) is 0 Å². The van der Waals surface area contributed by atoms with Gasteiger partial charge in [-0.1, -0.05) is 24.3 Å². The van der Waals surface area contributed by atoms with Crippen LogP contribution in [0, 0.1) is 0 Å². The number of hydrogen-bond acceptors (Lipinski definition) is 2. The largest absolute Gasteiger partial charge is 0.321 e. The lowest BCUT2D eigenvalue weighted by Crippen LogP contribution is -2.40. The van der Waals surface area contributed by atoms with Gasteiger partial charge < -0.3 is 5.73 Å². The molecule has 0 saturated heterocycles. The highest BCUT2D eigenvalue weighted by Gasteiger charge is 2.31. The third-order valence-corrected chi connectivity index (χ3v) is 4.24. The summed E-state index contributed by atoms with van der Waals surface area (Å²) in [5.41, 5.74) is 10.6. The first-order valence-corrected chi connectivity index (χ1v) is 7.02. The molecule has 2 aromatic rings. The quantitative estimate of drug-likeness (QED) is 0.916. The summed E-state index contributed by atoms with van der Waals surface area (Å²) in [7, 11) is 1.96. The Morgan fingerprint density at radius 1 is 1.37 bits per heavy atom. The maximum Gasteiger partial charge on any atom is 0.0521 e. The van der Waals surface area contributed by atoms with Crippen molar-refractivity contribution in [1.82, 2.24) is 9.78 Å². The second-order valence-corrected chi connectivity index (χ2v) is 5.69. The summed E-state index contributed by atoms with van der Waals surface area (Å²) in [5.74, 6) is 0. The Kier molecular flexibility index (Phi) is 3.15. The van der Waals surface area contributed by atoms with E-state index in [2.05, 4.69) is 35.6 Å². The SMILES string of the molecule is Cn1cc(CCC2(N)CCCc3ccccc32)cn1. The van der Waals surface area contributed by atoms with Crippen LogP contribution in [0.3, 0.4) is 0 Å². The van der Waals surface area contributed by atoms with Crippen LogP contribution < -0.4 is 5.73 Å². The van der Waals surface area contributed by atoms with Crippen molar-refractivity contribution in [3.63, 3.8) is 0 Å². The van der Waals surface area contributed by atoms with E-state index in [1.54, 1.807) is 0 Å². The van der Waals surface area contributed by atoms with Gasteiger partial charge >= 0.3 is 0 Å². The molecule has 0 aliphatic heterocycles. The Hall–Kier alpha value is -1.61. The Morgan fingerprint density at radius 2 is 2.21 bits per heavy atom. The second kappa shape index (κ2) is 4.82. The van der Waals surface area contributed by atoms with E-state index in [4.69, 9.17) is 5.73 Å². The van der Waals surface area contributed by atoms with E-state index in [0.29, 0.717) is 0 Å². The molecule has 2 N–H and O–H groups in total. The van der Waals surface area contributed by atoms with E-state index < -0.39 is 0 Å². The average Bonchev–Trinajstić information content (AvgIpc) is 2.83.